The van der Waals surface area contributed by atoms with Crippen LogP contribution in [-0.2, 0) is 14.3 Å². The van der Waals surface area contributed by atoms with Crippen LogP contribution in [0.3, 0.4) is 0 Å². The minimum Gasteiger partial charge on any atom is -0.458 e. The van der Waals surface area contributed by atoms with Crippen LogP contribution in [0.25, 0.3) is 0 Å². The Kier molecular flexibility index (Phi) is 4.96. The molecule has 1 saturated heterocycles. The number of ether oxygens (including phenoxy) is 1. The van der Waals surface area contributed by atoms with Crippen molar-refractivity contribution < 1.29 is 14.3 Å². The van der Waals surface area contributed by atoms with Gasteiger partial charge in [0.2, 0.25) is 5.91 Å². The Morgan fingerprint density at radius 2 is 2.00 bits per heavy atom. The summed E-state index contributed by atoms with van der Waals surface area (Å²) in [5.74, 6) is -0.283. The fourth-order valence-corrected chi connectivity index (χ4v) is 2.37. The summed E-state index contributed by atoms with van der Waals surface area (Å²) >= 11 is 0. The Labute approximate surface area is 115 Å². The van der Waals surface area contributed by atoms with Gasteiger partial charge in [-0.25, -0.2) is 4.79 Å². The lowest BCUT2D eigenvalue weighted by Gasteiger charge is -2.32. The molecule has 0 aromatic rings. The predicted octanol–water partition coefficient (Wildman–Crippen LogP) is 1.17. The molecule has 1 fully saturated rings. The molecule has 0 saturated carbocycles. The van der Waals surface area contributed by atoms with Gasteiger partial charge in [0.05, 0.1) is 6.04 Å². The van der Waals surface area contributed by atoms with Crippen LogP contribution >= 0.6 is 0 Å². The van der Waals surface area contributed by atoms with E-state index < -0.39 is 11.6 Å². The topological polar surface area (TPSA) is 58.6 Å². The number of rotatable bonds is 4. The lowest BCUT2D eigenvalue weighted by atomic mass is 10.0. The van der Waals surface area contributed by atoms with Gasteiger partial charge in [0.15, 0.2) is 0 Å². The van der Waals surface area contributed by atoms with Crippen molar-refractivity contribution in [1.29, 1.82) is 0 Å². The van der Waals surface area contributed by atoms with Crippen molar-refractivity contribution in [3.63, 3.8) is 0 Å². The molecule has 0 aromatic carbocycles. The molecule has 1 heterocycles. The fourth-order valence-electron chi connectivity index (χ4n) is 2.37. The minimum atomic E-state index is -0.532. The third kappa shape index (κ3) is 3.93. The number of likely N-dealkylation sites (N-methyl/N-ethyl adjacent to an activating group) is 1. The average Bonchev–Trinajstić information content (AvgIpc) is 2.57. The molecule has 1 amide bonds. The summed E-state index contributed by atoms with van der Waals surface area (Å²) in [4.78, 5) is 26.2. The lowest BCUT2D eigenvalue weighted by molar-refractivity contribution is -0.165. The molecule has 0 spiro atoms. The summed E-state index contributed by atoms with van der Waals surface area (Å²) in [5.41, 5.74) is -0.532. The molecule has 5 nitrogen and oxygen atoms in total. The van der Waals surface area contributed by atoms with E-state index in [9.17, 15) is 9.59 Å². The second-order valence-electron chi connectivity index (χ2n) is 6.38. The highest BCUT2D eigenvalue weighted by Crippen LogP contribution is 2.22. The summed E-state index contributed by atoms with van der Waals surface area (Å²) in [6, 6.07) is -0.672. The molecular weight excluding hydrogens is 244 g/mol. The van der Waals surface area contributed by atoms with Crippen molar-refractivity contribution in [2.75, 3.05) is 13.6 Å². The van der Waals surface area contributed by atoms with Gasteiger partial charge in [0.25, 0.3) is 0 Å². The Morgan fingerprint density at radius 3 is 2.37 bits per heavy atom. The molecule has 0 bridgehead atoms. The average molecular weight is 270 g/mol. The maximum atomic E-state index is 12.3. The zero-order valence-corrected chi connectivity index (χ0v) is 12.8. The predicted molar refractivity (Wildman–Crippen MR) is 73.6 cm³/mol. The van der Waals surface area contributed by atoms with Crippen LogP contribution < -0.4 is 5.32 Å². The van der Waals surface area contributed by atoms with Crippen molar-refractivity contribution >= 4 is 11.9 Å². The zero-order chi connectivity index (χ0) is 14.8. The van der Waals surface area contributed by atoms with Crippen LogP contribution in [0.4, 0.5) is 0 Å². The molecule has 0 aromatic heterocycles. The maximum absolute atomic E-state index is 12.3. The van der Waals surface area contributed by atoms with E-state index in [4.69, 9.17) is 4.74 Å². The highest BCUT2D eigenvalue weighted by atomic mass is 16.6. The van der Waals surface area contributed by atoms with Crippen molar-refractivity contribution in [3.8, 4) is 0 Å². The number of esters is 1. The highest BCUT2D eigenvalue weighted by molar-refractivity contribution is 5.89. The Bertz CT molecular complexity index is 347. The van der Waals surface area contributed by atoms with Gasteiger partial charge in [0.1, 0.15) is 11.6 Å². The minimum absolute atomic E-state index is 0.00735. The van der Waals surface area contributed by atoms with Crippen molar-refractivity contribution in [3.05, 3.63) is 0 Å². The molecule has 2 atom stereocenters. The van der Waals surface area contributed by atoms with Crippen LogP contribution in [0.1, 0.15) is 41.0 Å². The van der Waals surface area contributed by atoms with Gasteiger partial charge in [-0.3, -0.25) is 4.79 Å². The van der Waals surface area contributed by atoms with Crippen LogP contribution in [0.5, 0.6) is 0 Å². The third-order valence-corrected chi connectivity index (χ3v) is 3.20. The molecule has 1 N–H and O–H groups in total. The fraction of sp³-hybridized carbons (Fsp3) is 0.857. The quantitative estimate of drug-likeness (QED) is 0.779. The molecule has 1 aliphatic rings. The number of hydrogen-bond donors (Lipinski definition) is 1. The summed E-state index contributed by atoms with van der Waals surface area (Å²) < 4.78 is 5.44. The van der Waals surface area contributed by atoms with Gasteiger partial charge < -0.3 is 15.0 Å². The molecule has 1 rings (SSSR count). The summed E-state index contributed by atoms with van der Waals surface area (Å²) in [5, 5.41) is 2.98. The van der Waals surface area contributed by atoms with E-state index in [1.807, 2.05) is 34.6 Å². The molecular formula is C14H26N2O3. The first-order valence-corrected chi connectivity index (χ1v) is 6.88. The van der Waals surface area contributed by atoms with Crippen LogP contribution in [0.15, 0.2) is 0 Å². The summed E-state index contributed by atoms with van der Waals surface area (Å²) in [6.07, 6.45) is 0.737. The van der Waals surface area contributed by atoms with E-state index in [1.165, 1.54) is 0 Å². The molecule has 19 heavy (non-hydrogen) atoms. The normalized spacial score (nSPS) is 21.9. The van der Waals surface area contributed by atoms with Gasteiger partial charge in [0, 0.05) is 6.54 Å². The number of likely N-dealkylation sites (tertiary alicyclic amines) is 1. The van der Waals surface area contributed by atoms with Crippen LogP contribution in [0, 0.1) is 5.92 Å². The van der Waals surface area contributed by atoms with Crippen LogP contribution in [-0.4, -0.2) is 48.1 Å². The largest absolute Gasteiger partial charge is 0.458 e. The monoisotopic (exact) mass is 270 g/mol. The Balaban J connectivity index is 2.85. The van der Waals surface area contributed by atoms with E-state index in [-0.39, 0.29) is 23.8 Å². The molecule has 1 unspecified atom stereocenters. The van der Waals surface area contributed by atoms with Crippen molar-refractivity contribution in [2.24, 2.45) is 5.92 Å². The number of carbonyl (C=O) groups is 2. The first kappa shape index (κ1) is 16.0. The summed E-state index contributed by atoms with van der Waals surface area (Å²) in [6.45, 7) is 10.00. The second-order valence-corrected chi connectivity index (χ2v) is 6.38. The van der Waals surface area contributed by atoms with E-state index in [1.54, 1.807) is 11.9 Å². The number of amides is 1. The molecule has 5 heteroatoms. The molecule has 0 radical (unpaired) electrons. The number of nitrogens with one attached hydrogen (secondary N) is 1. The standard InChI is InChI=1S/C14H26N2O3/c1-9(2)11(13(18)19-14(3,4)5)16-8-7-10(15-6)12(16)17/h9-11,15H,7-8H2,1-6H3/t10-,11?/m1/s1. The van der Waals surface area contributed by atoms with E-state index >= 15 is 0 Å². The number of carbonyl (C=O) groups excluding carboxylic acids is 2. The number of nitrogens with zero attached hydrogens (tertiary/aromatic N) is 1. The van der Waals surface area contributed by atoms with Gasteiger partial charge in [-0.15, -0.1) is 0 Å². The summed E-state index contributed by atoms with van der Waals surface area (Å²) in [7, 11) is 1.77. The maximum Gasteiger partial charge on any atom is 0.329 e. The SMILES string of the molecule is CN[C@@H]1CCN(C(C(=O)OC(C)(C)C)C(C)C)C1=O. The Morgan fingerprint density at radius 1 is 1.42 bits per heavy atom. The van der Waals surface area contributed by atoms with Gasteiger partial charge in [-0.2, -0.15) is 0 Å². The zero-order valence-electron chi connectivity index (χ0n) is 12.8. The molecule has 0 aliphatic carbocycles. The van der Waals surface area contributed by atoms with Gasteiger partial charge in [-0.05, 0) is 40.2 Å². The highest BCUT2D eigenvalue weighted by Gasteiger charge is 2.41. The van der Waals surface area contributed by atoms with Crippen molar-refractivity contribution in [2.45, 2.75) is 58.7 Å². The first-order valence-electron chi connectivity index (χ1n) is 6.88. The van der Waals surface area contributed by atoms with E-state index in [0.29, 0.717) is 6.54 Å². The van der Waals surface area contributed by atoms with E-state index in [2.05, 4.69) is 5.32 Å². The lowest BCUT2D eigenvalue weighted by Crippen LogP contribution is -2.50. The van der Waals surface area contributed by atoms with Gasteiger partial charge in [-0.1, -0.05) is 13.8 Å². The molecule has 110 valence electrons. The van der Waals surface area contributed by atoms with Crippen LogP contribution in [0.2, 0.25) is 0 Å². The third-order valence-electron chi connectivity index (χ3n) is 3.20. The Hall–Kier alpha value is -1.10. The van der Waals surface area contributed by atoms with Crippen molar-refractivity contribution in [1.82, 2.24) is 10.2 Å². The smallest absolute Gasteiger partial charge is 0.329 e. The second kappa shape index (κ2) is 5.90. The van der Waals surface area contributed by atoms with Gasteiger partial charge >= 0.3 is 5.97 Å². The first-order chi connectivity index (χ1) is 8.67. The number of hydrogen-bond acceptors (Lipinski definition) is 4. The van der Waals surface area contributed by atoms with E-state index in [0.717, 1.165) is 6.42 Å². The molecule has 1 aliphatic heterocycles.